The van der Waals surface area contributed by atoms with Crippen LogP contribution in [0.3, 0.4) is 0 Å². The molecule has 0 saturated heterocycles. The smallest absolute Gasteiger partial charge is 0.272 e. The number of amides is 3. The van der Waals surface area contributed by atoms with E-state index in [1.807, 2.05) is 62.4 Å². The van der Waals surface area contributed by atoms with Gasteiger partial charge in [-0.3, -0.25) is 14.4 Å². The molecule has 1 atom stereocenters. The number of benzene rings is 4. The molecule has 0 aromatic heterocycles. The van der Waals surface area contributed by atoms with Crippen molar-refractivity contribution >= 4 is 46.9 Å². The molecular weight excluding hydrogens is 562 g/mol. The Labute approximate surface area is 254 Å². The maximum Gasteiger partial charge on any atom is 0.272 e. The van der Waals surface area contributed by atoms with Crippen molar-refractivity contribution in [3.63, 3.8) is 0 Å². The molecule has 0 bridgehead atoms. The van der Waals surface area contributed by atoms with Gasteiger partial charge in [0.15, 0.2) is 11.5 Å². The van der Waals surface area contributed by atoms with Crippen molar-refractivity contribution in [1.29, 1.82) is 0 Å². The summed E-state index contributed by atoms with van der Waals surface area (Å²) in [5.41, 5.74) is 3.48. The number of anilines is 2. The molecule has 0 spiro atoms. The van der Waals surface area contributed by atoms with Crippen molar-refractivity contribution in [3.8, 4) is 11.5 Å². The number of hydrogen-bond donors (Lipinski definition) is 3. The molecule has 9 heteroatoms. The van der Waals surface area contributed by atoms with Crippen molar-refractivity contribution in [3.05, 3.63) is 119 Å². The van der Waals surface area contributed by atoms with E-state index in [2.05, 4.69) is 16.0 Å². The molecule has 1 heterocycles. The highest BCUT2D eigenvalue weighted by atomic mass is 32.2. The predicted molar refractivity (Wildman–Crippen MR) is 169 cm³/mol. The van der Waals surface area contributed by atoms with Crippen LogP contribution in [0.15, 0.2) is 108 Å². The second kappa shape index (κ2) is 13.8. The molecule has 8 nitrogen and oxygen atoms in total. The molecule has 0 aliphatic carbocycles. The topological polar surface area (TPSA) is 106 Å². The Morgan fingerprint density at radius 2 is 1.58 bits per heavy atom. The van der Waals surface area contributed by atoms with E-state index in [1.165, 1.54) is 11.8 Å². The van der Waals surface area contributed by atoms with Gasteiger partial charge in [-0.1, -0.05) is 55.5 Å². The van der Waals surface area contributed by atoms with Crippen LogP contribution >= 0.6 is 11.8 Å². The van der Waals surface area contributed by atoms with Crippen LogP contribution in [0.1, 0.15) is 34.8 Å². The van der Waals surface area contributed by atoms with Gasteiger partial charge in [-0.05, 0) is 73.0 Å². The Balaban J connectivity index is 1.29. The fourth-order valence-electron chi connectivity index (χ4n) is 4.38. The quantitative estimate of drug-likeness (QED) is 0.141. The summed E-state index contributed by atoms with van der Waals surface area (Å²) in [5, 5.41) is 8.25. The number of carbonyl (C=O) groups excluding carboxylic acids is 3. The molecule has 1 unspecified atom stereocenters. The number of rotatable bonds is 10. The Bertz CT molecular complexity index is 1670. The summed E-state index contributed by atoms with van der Waals surface area (Å²) in [5.74, 6) is 0.238. The largest absolute Gasteiger partial charge is 0.454 e. The zero-order chi connectivity index (χ0) is 30.2. The lowest BCUT2D eigenvalue weighted by Gasteiger charge is -2.16. The number of thioether (sulfide) groups is 1. The van der Waals surface area contributed by atoms with Crippen LogP contribution in [0.4, 0.5) is 11.4 Å². The molecule has 1 aliphatic heterocycles. The Morgan fingerprint density at radius 3 is 2.37 bits per heavy atom. The molecule has 0 fully saturated rings. The van der Waals surface area contributed by atoms with Gasteiger partial charge in [-0.15, -0.1) is 11.8 Å². The molecular formula is C34H31N3O5S. The summed E-state index contributed by atoms with van der Waals surface area (Å²) in [6.45, 7) is 4.05. The molecule has 3 amide bonds. The maximum absolute atomic E-state index is 13.5. The minimum Gasteiger partial charge on any atom is -0.454 e. The van der Waals surface area contributed by atoms with Crippen LogP contribution in [-0.4, -0.2) is 29.8 Å². The van der Waals surface area contributed by atoms with E-state index in [0.29, 0.717) is 34.9 Å². The summed E-state index contributed by atoms with van der Waals surface area (Å²) in [6.07, 6.45) is 2.25. The molecule has 3 N–H and O–H groups in total. The van der Waals surface area contributed by atoms with Gasteiger partial charge in [0.2, 0.25) is 12.7 Å². The highest BCUT2D eigenvalue weighted by Crippen LogP contribution is 2.35. The molecule has 5 rings (SSSR count). The molecule has 4 aromatic rings. The normalized spacial score (nSPS) is 12.7. The minimum absolute atomic E-state index is 0.107. The summed E-state index contributed by atoms with van der Waals surface area (Å²) in [4.78, 5) is 40.4. The predicted octanol–water partition coefficient (Wildman–Crippen LogP) is 6.64. The van der Waals surface area contributed by atoms with Crippen LogP contribution in [-0.2, 0) is 9.59 Å². The molecule has 0 radical (unpaired) electrons. The Hall–Kier alpha value is -5.02. The lowest BCUT2D eigenvalue weighted by molar-refractivity contribution is -0.116. The lowest BCUT2D eigenvalue weighted by Crippen LogP contribution is -2.30. The van der Waals surface area contributed by atoms with E-state index < -0.39 is 5.91 Å². The maximum atomic E-state index is 13.5. The van der Waals surface area contributed by atoms with Crippen molar-refractivity contribution in [2.24, 2.45) is 0 Å². The van der Waals surface area contributed by atoms with Crippen LogP contribution in [0.25, 0.3) is 6.08 Å². The molecule has 0 saturated carbocycles. The standard InChI is InChI=1S/C34H31N3O5S/c1-3-31(34(40)36-26-16-17-29-30(20-26)42-21-41-29)43-27-15-9-14-25(19-27)35-33(39)28(18-24-13-8-7-10-22(24)2)37-32(38)23-11-5-4-6-12-23/h4-20,31H,3,21H2,1-2H3,(H,35,39)(H,36,40)(H,37,38)/b28-18-. The SMILES string of the molecule is CCC(Sc1cccc(NC(=O)/C(=C/c2ccccc2C)NC(=O)c2ccccc2)c1)C(=O)Nc1ccc2c(c1)OCO2. The third-order valence-electron chi connectivity index (χ3n) is 6.69. The van der Waals surface area contributed by atoms with E-state index in [-0.39, 0.29) is 29.6 Å². The average Bonchev–Trinajstić information content (AvgIpc) is 3.49. The number of hydrogen-bond acceptors (Lipinski definition) is 6. The average molecular weight is 594 g/mol. The second-order valence-corrected chi connectivity index (χ2v) is 11.1. The zero-order valence-corrected chi connectivity index (χ0v) is 24.6. The fraction of sp³-hybridized carbons (Fsp3) is 0.147. The van der Waals surface area contributed by atoms with E-state index >= 15 is 0 Å². The van der Waals surface area contributed by atoms with Crippen LogP contribution in [0.2, 0.25) is 0 Å². The van der Waals surface area contributed by atoms with Gasteiger partial charge < -0.3 is 25.4 Å². The van der Waals surface area contributed by atoms with E-state index in [1.54, 1.807) is 54.6 Å². The number of fused-ring (bicyclic) bond motifs is 1. The Kier molecular flexibility index (Phi) is 9.43. The number of nitrogens with one attached hydrogen (secondary N) is 3. The highest BCUT2D eigenvalue weighted by Gasteiger charge is 2.21. The first-order valence-corrected chi connectivity index (χ1v) is 14.7. The third kappa shape index (κ3) is 7.64. The molecule has 43 heavy (non-hydrogen) atoms. The molecule has 218 valence electrons. The van der Waals surface area contributed by atoms with Crippen molar-refractivity contribution in [2.75, 3.05) is 17.4 Å². The van der Waals surface area contributed by atoms with E-state index in [0.717, 1.165) is 16.0 Å². The van der Waals surface area contributed by atoms with Crippen LogP contribution in [0, 0.1) is 6.92 Å². The highest BCUT2D eigenvalue weighted by molar-refractivity contribution is 8.00. The summed E-state index contributed by atoms with van der Waals surface area (Å²) < 4.78 is 10.7. The summed E-state index contributed by atoms with van der Waals surface area (Å²) >= 11 is 1.40. The first-order valence-electron chi connectivity index (χ1n) is 13.8. The number of ether oxygens (including phenoxy) is 2. The van der Waals surface area contributed by atoms with Gasteiger partial charge in [0.1, 0.15) is 5.70 Å². The zero-order valence-electron chi connectivity index (χ0n) is 23.8. The minimum atomic E-state index is -0.470. The Morgan fingerprint density at radius 1 is 0.837 bits per heavy atom. The third-order valence-corrected chi connectivity index (χ3v) is 8.05. The molecule has 1 aliphatic rings. The summed E-state index contributed by atoms with van der Waals surface area (Å²) in [6, 6.07) is 28.9. The van der Waals surface area contributed by atoms with Gasteiger partial charge in [0, 0.05) is 27.9 Å². The van der Waals surface area contributed by atoms with Crippen LogP contribution in [0.5, 0.6) is 11.5 Å². The van der Waals surface area contributed by atoms with Gasteiger partial charge in [0.05, 0.1) is 5.25 Å². The van der Waals surface area contributed by atoms with E-state index in [4.69, 9.17) is 9.47 Å². The van der Waals surface area contributed by atoms with Gasteiger partial charge >= 0.3 is 0 Å². The number of carbonyl (C=O) groups is 3. The van der Waals surface area contributed by atoms with E-state index in [9.17, 15) is 14.4 Å². The number of aryl methyl sites for hydroxylation is 1. The fourth-order valence-corrected chi connectivity index (χ4v) is 5.39. The van der Waals surface area contributed by atoms with Crippen LogP contribution < -0.4 is 25.4 Å². The molecule has 4 aromatic carbocycles. The lowest BCUT2D eigenvalue weighted by atomic mass is 10.1. The first-order chi connectivity index (χ1) is 20.9. The summed E-state index contributed by atoms with van der Waals surface area (Å²) in [7, 11) is 0. The van der Waals surface area contributed by atoms with Gasteiger partial charge in [-0.25, -0.2) is 0 Å². The van der Waals surface area contributed by atoms with Gasteiger partial charge in [0.25, 0.3) is 11.8 Å². The monoisotopic (exact) mass is 593 g/mol. The van der Waals surface area contributed by atoms with Crippen molar-refractivity contribution in [1.82, 2.24) is 5.32 Å². The van der Waals surface area contributed by atoms with Crippen molar-refractivity contribution in [2.45, 2.75) is 30.4 Å². The first kappa shape index (κ1) is 29.5. The van der Waals surface area contributed by atoms with Crippen molar-refractivity contribution < 1.29 is 23.9 Å². The second-order valence-electron chi connectivity index (χ2n) is 9.79. The van der Waals surface area contributed by atoms with Gasteiger partial charge in [-0.2, -0.15) is 0 Å².